The van der Waals surface area contributed by atoms with E-state index in [1.165, 1.54) is 0 Å². The molecule has 3 aromatic rings. The highest BCUT2D eigenvalue weighted by Crippen LogP contribution is 2.26. The first-order valence-electron chi connectivity index (χ1n) is 6.43. The Balaban J connectivity index is 1.69. The van der Waals surface area contributed by atoms with E-state index in [9.17, 15) is 0 Å². The molecule has 0 bridgehead atoms. The van der Waals surface area contributed by atoms with Crippen molar-refractivity contribution in [1.29, 1.82) is 0 Å². The maximum absolute atomic E-state index is 5.82. The van der Waals surface area contributed by atoms with Gasteiger partial charge in [-0.3, -0.25) is 0 Å². The summed E-state index contributed by atoms with van der Waals surface area (Å²) >= 11 is 5.82. The van der Waals surface area contributed by atoms with E-state index in [2.05, 4.69) is 4.98 Å². The zero-order chi connectivity index (χ0) is 14.5. The van der Waals surface area contributed by atoms with E-state index >= 15 is 0 Å². The molecule has 0 aliphatic carbocycles. The van der Waals surface area contributed by atoms with Crippen LogP contribution >= 0.6 is 11.6 Å². The maximum Gasteiger partial charge on any atom is 0.220 e. The summed E-state index contributed by atoms with van der Waals surface area (Å²) in [6, 6.07) is 22.2. The zero-order valence-corrected chi connectivity index (χ0v) is 11.8. The lowest BCUT2D eigenvalue weighted by molar-refractivity contribution is 0.457. The molecule has 0 fully saturated rings. The fraction of sp³-hybridized carbons (Fsp3) is 0. The Hall–Kier alpha value is -2.52. The van der Waals surface area contributed by atoms with Crippen LogP contribution in [-0.2, 0) is 0 Å². The predicted molar refractivity (Wildman–Crippen MR) is 82.3 cm³/mol. The zero-order valence-electron chi connectivity index (χ0n) is 11.1. The highest BCUT2D eigenvalue weighted by molar-refractivity contribution is 6.29. The molecule has 0 radical (unpaired) electrons. The van der Waals surface area contributed by atoms with Gasteiger partial charge in [-0.05, 0) is 42.5 Å². The fourth-order valence-corrected chi connectivity index (χ4v) is 1.92. The first-order chi connectivity index (χ1) is 10.3. The largest absolute Gasteiger partial charge is 0.457 e. The van der Waals surface area contributed by atoms with Crippen molar-refractivity contribution in [3.8, 4) is 23.1 Å². The number of hydrogen-bond acceptors (Lipinski definition) is 3. The van der Waals surface area contributed by atoms with E-state index < -0.39 is 0 Å². The molecule has 4 heteroatoms. The molecule has 104 valence electrons. The highest BCUT2D eigenvalue weighted by atomic mass is 35.5. The average molecular weight is 298 g/mol. The van der Waals surface area contributed by atoms with E-state index in [1.807, 2.05) is 54.6 Å². The highest BCUT2D eigenvalue weighted by Gasteiger charge is 2.01. The molecule has 3 rings (SSSR count). The Morgan fingerprint density at radius 2 is 1.24 bits per heavy atom. The summed E-state index contributed by atoms with van der Waals surface area (Å²) in [5.74, 6) is 2.67. The summed E-state index contributed by atoms with van der Waals surface area (Å²) in [7, 11) is 0. The summed E-state index contributed by atoms with van der Waals surface area (Å²) in [5, 5.41) is 0.400. The van der Waals surface area contributed by atoms with Gasteiger partial charge in [0.25, 0.3) is 0 Å². The summed E-state index contributed by atoms with van der Waals surface area (Å²) < 4.78 is 11.3. The second-order valence-corrected chi connectivity index (χ2v) is 4.67. The van der Waals surface area contributed by atoms with Crippen LogP contribution in [0.2, 0.25) is 5.15 Å². The van der Waals surface area contributed by atoms with Crippen molar-refractivity contribution in [3.63, 3.8) is 0 Å². The van der Waals surface area contributed by atoms with Crippen LogP contribution in [0.3, 0.4) is 0 Å². The van der Waals surface area contributed by atoms with E-state index in [4.69, 9.17) is 21.1 Å². The van der Waals surface area contributed by atoms with Gasteiger partial charge in [-0.25, -0.2) is 4.98 Å². The van der Waals surface area contributed by atoms with Crippen molar-refractivity contribution in [2.24, 2.45) is 0 Å². The van der Waals surface area contributed by atoms with Crippen LogP contribution in [0, 0.1) is 0 Å². The minimum atomic E-state index is 0.400. The van der Waals surface area contributed by atoms with Crippen molar-refractivity contribution in [2.45, 2.75) is 0 Å². The van der Waals surface area contributed by atoms with Gasteiger partial charge in [-0.2, -0.15) is 0 Å². The van der Waals surface area contributed by atoms with Gasteiger partial charge in [0.15, 0.2) is 0 Å². The molecule has 0 aliphatic heterocycles. The van der Waals surface area contributed by atoms with Crippen molar-refractivity contribution in [3.05, 3.63) is 77.9 Å². The van der Waals surface area contributed by atoms with Crippen LogP contribution < -0.4 is 9.47 Å². The average Bonchev–Trinajstić information content (AvgIpc) is 2.50. The van der Waals surface area contributed by atoms with Gasteiger partial charge >= 0.3 is 0 Å². The predicted octanol–water partition coefficient (Wildman–Crippen LogP) is 5.32. The first kappa shape index (κ1) is 13.5. The molecule has 0 N–H and O–H groups in total. The standard InChI is InChI=1S/C17H12ClNO2/c18-16-7-4-8-17(19-16)21-15-11-9-14(10-12-15)20-13-5-2-1-3-6-13/h1-12H. The number of para-hydroxylation sites is 1. The second-order valence-electron chi connectivity index (χ2n) is 4.29. The van der Waals surface area contributed by atoms with Crippen LogP contribution in [0.1, 0.15) is 0 Å². The molecule has 0 spiro atoms. The van der Waals surface area contributed by atoms with E-state index in [0.717, 1.165) is 11.5 Å². The normalized spacial score (nSPS) is 10.1. The Kier molecular flexibility index (Phi) is 4.03. The number of pyridine rings is 1. The molecule has 0 atom stereocenters. The molecule has 3 nitrogen and oxygen atoms in total. The Morgan fingerprint density at radius 3 is 1.90 bits per heavy atom. The number of halogens is 1. The van der Waals surface area contributed by atoms with Gasteiger partial charge < -0.3 is 9.47 Å². The number of hydrogen-bond donors (Lipinski definition) is 0. The van der Waals surface area contributed by atoms with E-state index in [1.54, 1.807) is 18.2 Å². The molecule has 0 amide bonds. The number of nitrogens with zero attached hydrogens (tertiary/aromatic N) is 1. The molecular formula is C17H12ClNO2. The molecule has 0 unspecified atom stereocenters. The molecule has 1 aromatic heterocycles. The maximum atomic E-state index is 5.82. The van der Waals surface area contributed by atoms with Gasteiger partial charge in [0, 0.05) is 6.07 Å². The molecule has 2 aromatic carbocycles. The fourth-order valence-electron chi connectivity index (χ4n) is 1.77. The summed E-state index contributed by atoms with van der Waals surface area (Å²) in [6.07, 6.45) is 0. The van der Waals surface area contributed by atoms with Crippen LogP contribution in [-0.4, -0.2) is 4.98 Å². The minimum absolute atomic E-state index is 0.400. The molecule has 0 saturated heterocycles. The third-order valence-electron chi connectivity index (χ3n) is 2.71. The third kappa shape index (κ3) is 3.74. The molecule has 21 heavy (non-hydrogen) atoms. The van der Waals surface area contributed by atoms with Crippen molar-refractivity contribution < 1.29 is 9.47 Å². The molecule has 1 heterocycles. The van der Waals surface area contributed by atoms with Gasteiger partial charge in [-0.1, -0.05) is 35.9 Å². The lowest BCUT2D eigenvalue weighted by Crippen LogP contribution is -1.88. The second kappa shape index (κ2) is 6.29. The number of rotatable bonds is 4. The SMILES string of the molecule is Clc1cccc(Oc2ccc(Oc3ccccc3)cc2)n1. The smallest absolute Gasteiger partial charge is 0.220 e. The Bertz CT molecular complexity index is 714. The molecule has 0 saturated carbocycles. The third-order valence-corrected chi connectivity index (χ3v) is 2.93. The Labute approximate surface area is 127 Å². The number of ether oxygens (including phenoxy) is 2. The molecular weight excluding hydrogens is 286 g/mol. The first-order valence-corrected chi connectivity index (χ1v) is 6.81. The van der Waals surface area contributed by atoms with Gasteiger partial charge in [0.2, 0.25) is 5.88 Å². The lowest BCUT2D eigenvalue weighted by Gasteiger charge is -2.07. The van der Waals surface area contributed by atoms with E-state index in [-0.39, 0.29) is 0 Å². The van der Waals surface area contributed by atoms with Gasteiger partial charge in [0.1, 0.15) is 22.4 Å². The minimum Gasteiger partial charge on any atom is -0.457 e. The molecule has 0 aliphatic rings. The monoisotopic (exact) mass is 297 g/mol. The summed E-state index contributed by atoms with van der Waals surface area (Å²) in [4.78, 5) is 4.07. The van der Waals surface area contributed by atoms with Crippen LogP contribution in [0.5, 0.6) is 23.1 Å². The summed E-state index contributed by atoms with van der Waals surface area (Å²) in [5.41, 5.74) is 0. The number of benzene rings is 2. The van der Waals surface area contributed by atoms with Crippen molar-refractivity contribution >= 4 is 11.6 Å². The van der Waals surface area contributed by atoms with E-state index in [0.29, 0.717) is 16.8 Å². The lowest BCUT2D eigenvalue weighted by atomic mass is 10.3. The van der Waals surface area contributed by atoms with Crippen molar-refractivity contribution in [1.82, 2.24) is 4.98 Å². The summed E-state index contributed by atoms with van der Waals surface area (Å²) in [6.45, 7) is 0. The number of aromatic nitrogens is 1. The van der Waals surface area contributed by atoms with Crippen LogP contribution in [0.25, 0.3) is 0 Å². The Morgan fingerprint density at radius 1 is 0.619 bits per heavy atom. The van der Waals surface area contributed by atoms with Crippen LogP contribution in [0.15, 0.2) is 72.8 Å². The quantitative estimate of drug-likeness (QED) is 0.611. The topological polar surface area (TPSA) is 31.4 Å². The van der Waals surface area contributed by atoms with Gasteiger partial charge in [0.05, 0.1) is 0 Å². The van der Waals surface area contributed by atoms with Gasteiger partial charge in [-0.15, -0.1) is 0 Å². The van der Waals surface area contributed by atoms with Crippen LogP contribution in [0.4, 0.5) is 0 Å². The van der Waals surface area contributed by atoms with Crippen molar-refractivity contribution in [2.75, 3.05) is 0 Å².